The van der Waals surface area contributed by atoms with Crippen LogP contribution in [0, 0.1) is 17.7 Å². The summed E-state index contributed by atoms with van der Waals surface area (Å²) < 4.78 is 18.4. The Morgan fingerprint density at radius 3 is 2.83 bits per heavy atom. The normalized spacial score (nSPS) is 23.3. The van der Waals surface area contributed by atoms with E-state index in [-0.39, 0.29) is 5.82 Å². The highest BCUT2D eigenvalue weighted by molar-refractivity contribution is 5.29. The van der Waals surface area contributed by atoms with Crippen molar-refractivity contribution in [3.8, 4) is 5.75 Å². The molecular weight excluding hydrogens is 229 g/mol. The molecule has 1 aliphatic carbocycles. The monoisotopic (exact) mass is 251 g/mol. The van der Waals surface area contributed by atoms with E-state index in [2.05, 4.69) is 12.2 Å². The molecule has 0 aliphatic heterocycles. The number of benzene rings is 1. The van der Waals surface area contributed by atoms with Crippen LogP contribution in [0.25, 0.3) is 0 Å². The second-order valence-electron chi connectivity index (χ2n) is 5.27. The number of hydrogen-bond acceptors (Lipinski definition) is 2. The third kappa shape index (κ3) is 3.22. The Hall–Kier alpha value is -1.09. The van der Waals surface area contributed by atoms with E-state index in [0.717, 1.165) is 30.5 Å². The summed E-state index contributed by atoms with van der Waals surface area (Å²) in [5, 5.41) is 3.43. The van der Waals surface area contributed by atoms with Gasteiger partial charge in [-0.2, -0.15) is 0 Å². The van der Waals surface area contributed by atoms with Crippen LogP contribution in [0.1, 0.15) is 31.7 Å². The SMILES string of the molecule is COc1ccc(CNCC2CCCC2C)cc1F. The zero-order chi connectivity index (χ0) is 13.0. The Balaban J connectivity index is 1.81. The highest BCUT2D eigenvalue weighted by atomic mass is 19.1. The lowest BCUT2D eigenvalue weighted by Gasteiger charge is -2.16. The number of nitrogens with one attached hydrogen (secondary N) is 1. The van der Waals surface area contributed by atoms with Gasteiger partial charge in [0, 0.05) is 6.54 Å². The van der Waals surface area contributed by atoms with Gasteiger partial charge < -0.3 is 10.1 Å². The maximum atomic E-state index is 13.5. The van der Waals surface area contributed by atoms with E-state index in [4.69, 9.17) is 4.74 Å². The standard InChI is InChI=1S/C15H22FNO/c1-11-4-3-5-13(11)10-17-9-12-6-7-15(18-2)14(16)8-12/h6-8,11,13,17H,3-5,9-10H2,1-2H3. The lowest BCUT2D eigenvalue weighted by molar-refractivity contribution is 0.384. The molecule has 2 rings (SSSR count). The maximum Gasteiger partial charge on any atom is 0.165 e. The Morgan fingerprint density at radius 1 is 1.39 bits per heavy atom. The first-order valence-electron chi connectivity index (χ1n) is 6.74. The van der Waals surface area contributed by atoms with Gasteiger partial charge in [0.25, 0.3) is 0 Å². The molecule has 1 N–H and O–H groups in total. The first kappa shape index (κ1) is 13.3. The molecule has 1 fully saturated rings. The predicted octanol–water partition coefficient (Wildman–Crippen LogP) is 3.36. The summed E-state index contributed by atoms with van der Waals surface area (Å²) in [5.74, 6) is 1.63. The first-order valence-corrected chi connectivity index (χ1v) is 6.74. The molecular formula is C15H22FNO. The van der Waals surface area contributed by atoms with Crippen molar-refractivity contribution in [2.45, 2.75) is 32.7 Å². The van der Waals surface area contributed by atoms with Crippen LogP contribution >= 0.6 is 0 Å². The molecule has 0 amide bonds. The van der Waals surface area contributed by atoms with Crippen LogP contribution < -0.4 is 10.1 Å². The van der Waals surface area contributed by atoms with Crippen LogP contribution in [0.4, 0.5) is 4.39 Å². The van der Waals surface area contributed by atoms with Crippen molar-refractivity contribution in [1.29, 1.82) is 0 Å². The molecule has 3 heteroatoms. The fourth-order valence-electron chi connectivity index (χ4n) is 2.75. The van der Waals surface area contributed by atoms with E-state index in [9.17, 15) is 4.39 Å². The number of halogens is 1. The van der Waals surface area contributed by atoms with Gasteiger partial charge in [0.1, 0.15) is 0 Å². The van der Waals surface area contributed by atoms with Crippen molar-refractivity contribution in [2.24, 2.45) is 11.8 Å². The molecule has 0 bridgehead atoms. The fourth-order valence-corrected chi connectivity index (χ4v) is 2.75. The molecule has 0 aromatic heterocycles. The van der Waals surface area contributed by atoms with Crippen molar-refractivity contribution in [1.82, 2.24) is 5.32 Å². The molecule has 0 saturated heterocycles. The Kier molecular flexibility index (Phi) is 4.59. The van der Waals surface area contributed by atoms with E-state index in [0.29, 0.717) is 5.75 Å². The van der Waals surface area contributed by atoms with Crippen molar-refractivity contribution < 1.29 is 9.13 Å². The number of methoxy groups -OCH3 is 1. The lowest BCUT2D eigenvalue weighted by Crippen LogP contribution is -2.23. The zero-order valence-corrected chi connectivity index (χ0v) is 11.2. The van der Waals surface area contributed by atoms with Crippen molar-refractivity contribution in [3.63, 3.8) is 0 Å². The van der Waals surface area contributed by atoms with Gasteiger partial charge in [-0.3, -0.25) is 0 Å². The first-order chi connectivity index (χ1) is 8.70. The molecule has 18 heavy (non-hydrogen) atoms. The van der Waals surface area contributed by atoms with Gasteiger partial charge in [0.05, 0.1) is 7.11 Å². The minimum absolute atomic E-state index is 0.286. The van der Waals surface area contributed by atoms with E-state index >= 15 is 0 Å². The average Bonchev–Trinajstić information content (AvgIpc) is 2.75. The van der Waals surface area contributed by atoms with Crippen LogP contribution in [0.15, 0.2) is 18.2 Å². The van der Waals surface area contributed by atoms with Gasteiger partial charge in [-0.25, -0.2) is 4.39 Å². The number of ether oxygens (including phenoxy) is 1. The van der Waals surface area contributed by atoms with Gasteiger partial charge in [0.15, 0.2) is 11.6 Å². The van der Waals surface area contributed by atoms with Crippen molar-refractivity contribution in [2.75, 3.05) is 13.7 Å². The minimum atomic E-state index is -0.286. The molecule has 0 heterocycles. The van der Waals surface area contributed by atoms with Gasteiger partial charge in [0.2, 0.25) is 0 Å². The van der Waals surface area contributed by atoms with Crippen LogP contribution in [0.2, 0.25) is 0 Å². The second-order valence-corrected chi connectivity index (χ2v) is 5.27. The van der Waals surface area contributed by atoms with Gasteiger partial charge >= 0.3 is 0 Å². The summed E-state index contributed by atoms with van der Waals surface area (Å²) in [5.41, 5.74) is 0.971. The smallest absolute Gasteiger partial charge is 0.165 e. The van der Waals surface area contributed by atoms with Crippen LogP contribution in [0.5, 0.6) is 5.75 Å². The van der Waals surface area contributed by atoms with Gasteiger partial charge in [-0.15, -0.1) is 0 Å². The summed E-state index contributed by atoms with van der Waals surface area (Å²) in [7, 11) is 1.48. The van der Waals surface area contributed by atoms with Gasteiger partial charge in [-0.1, -0.05) is 25.8 Å². The van der Waals surface area contributed by atoms with E-state index in [1.807, 2.05) is 6.07 Å². The van der Waals surface area contributed by atoms with Crippen LogP contribution in [-0.4, -0.2) is 13.7 Å². The molecule has 2 unspecified atom stereocenters. The third-order valence-electron chi connectivity index (χ3n) is 3.99. The molecule has 2 nitrogen and oxygen atoms in total. The molecule has 2 atom stereocenters. The molecule has 1 aromatic carbocycles. The van der Waals surface area contributed by atoms with Crippen LogP contribution in [0.3, 0.4) is 0 Å². The number of hydrogen-bond donors (Lipinski definition) is 1. The van der Waals surface area contributed by atoms with E-state index in [1.54, 1.807) is 12.1 Å². The largest absolute Gasteiger partial charge is 0.494 e. The molecule has 0 spiro atoms. The Morgan fingerprint density at radius 2 is 2.22 bits per heavy atom. The average molecular weight is 251 g/mol. The fraction of sp³-hybridized carbons (Fsp3) is 0.600. The van der Waals surface area contributed by atoms with Gasteiger partial charge in [-0.05, 0) is 42.5 Å². The Bertz CT molecular complexity index is 394. The lowest BCUT2D eigenvalue weighted by atomic mass is 9.98. The van der Waals surface area contributed by atoms with Crippen molar-refractivity contribution >= 4 is 0 Å². The highest BCUT2D eigenvalue weighted by Gasteiger charge is 2.22. The van der Waals surface area contributed by atoms with E-state index in [1.165, 1.54) is 26.4 Å². The molecule has 100 valence electrons. The summed E-state index contributed by atoms with van der Waals surface area (Å²) in [6.07, 6.45) is 4.03. The van der Waals surface area contributed by atoms with E-state index < -0.39 is 0 Å². The summed E-state index contributed by atoms with van der Waals surface area (Å²) >= 11 is 0. The highest BCUT2D eigenvalue weighted by Crippen LogP contribution is 2.30. The zero-order valence-electron chi connectivity index (χ0n) is 11.2. The molecule has 1 saturated carbocycles. The minimum Gasteiger partial charge on any atom is -0.494 e. The quantitative estimate of drug-likeness (QED) is 0.866. The summed E-state index contributed by atoms with van der Waals surface area (Å²) in [6.45, 7) is 4.09. The third-order valence-corrected chi connectivity index (χ3v) is 3.99. The topological polar surface area (TPSA) is 21.3 Å². The molecule has 0 radical (unpaired) electrons. The Labute approximate surface area is 109 Å². The maximum absolute atomic E-state index is 13.5. The van der Waals surface area contributed by atoms with Crippen LogP contribution in [-0.2, 0) is 6.54 Å². The molecule has 1 aromatic rings. The second kappa shape index (κ2) is 6.19. The number of rotatable bonds is 5. The summed E-state index contributed by atoms with van der Waals surface area (Å²) in [4.78, 5) is 0. The predicted molar refractivity (Wildman–Crippen MR) is 71.2 cm³/mol. The summed E-state index contributed by atoms with van der Waals surface area (Å²) in [6, 6.07) is 5.14. The van der Waals surface area contributed by atoms with Crippen molar-refractivity contribution in [3.05, 3.63) is 29.6 Å². The molecule has 1 aliphatic rings.